The van der Waals surface area contributed by atoms with Crippen LogP contribution in [0.3, 0.4) is 0 Å². The first-order valence-electron chi connectivity index (χ1n) is 9.08. The molecule has 1 aliphatic heterocycles. The summed E-state index contributed by atoms with van der Waals surface area (Å²) < 4.78 is 0. The highest BCUT2D eigenvalue weighted by atomic mass is 16.3. The van der Waals surface area contributed by atoms with Crippen LogP contribution in [-0.2, 0) is 6.54 Å². The minimum atomic E-state index is -0.127. The zero-order valence-electron chi connectivity index (χ0n) is 14.1. The smallest absolute Gasteiger partial charge is 0.0991 e. The first kappa shape index (κ1) is 16.5. The van der Waals surface area contributed by atoms with Crippen molar-refractivity contribution in [1.82, 2.24) is 4.90 Å². The number of aliphatic hydroxyl groups is 1. The van der Waals surface area contributed by atoms with Crippen molar-refractivity contribution in [1.29, 1.82) is 5.26 Å². The quantitative estimate of drug-likeness (QED) is 0.925. The van der Waals surface area contributed by atoms with E-state index in [0.717, 1.165) is 37.4 Å². The maximum atomic E-state index is 10.5. The third-order valence-electron chi connectivity index (χ3n) is 5.75. The normalized spacial score (nSPS) is 32.4. The fourth-order valence-corrected chi connectivity index (χ4v) is 4.44. The van der Waals surface area contributed by atoms with Crippen molar-refractivity contribution in [2.24, 2.45) is 11.8 Å². The fraction of sp³-hybridized carbons (Fsp3) is 0.650. The molecule has 1 aromatic carbocycles. The van der Waals surface area contributed by atoms with Crippen molar-refractivity contribution >= 4 is 0 Å². The molecule has 0 bridgehead atoms. The summed E-state index contributed by atoms with van der Waals surface area (Å²) in [4.78, 5) is 2.58. The molecule has 3 rings (SSSR count). The van der Waals surface area contributed by atoms with Gasteiger partial charge in [0.2, 0.25) is 0 Å². The molecule has 3 heteroatoms. The second-order valence-corrected chi connectivity index (χ2v) is 7.49. The molecule has 1 saturated heterocycles. The third-order valence-corrected chi connectivity index (χ3v) is 5.75. The number of rotatable bonds is 3. The largest absolute Gasteiger partial charge is 0.393 e. The molecule has 1 N–H and O–H groups in total. The van der Waals surface area contributed by atoms with Gasteiger partial charge in [0.15, 0.2) is 0 Å². The molecule has 23 heavy (non-hydrogen) atoms. The molecule has 1 aromatic rings. The van der Waals surface area contributed by atoms with Gasteiger partial charge in [0.1, 0.15) is 0 Å². The average Bonchev–Trinajstić information content (AvgIpc) is 2.58. The Morgan fingerprint density at radius 2 is 1.96 bits per heavy atom. The molecular formula is C20H28N2O. The molecular weight excluding hydrogens is 284 g/mol. The summed E-state index contributed by atoms with van der Waals surface area (Å²) >= 11 is 0. The first-order chi connectivity index (χ1) is 11.2. The Labute approximate surface area is 139 Å². The zero-order chi connectivity index (χ0) is 16.2. The van der Waals surface area contributed by atoms with Gasteiger partial charge < -0.3 is 5.11 Å². The van der Waals surface area contributed by atoms with Gasteiger partial charge in [-0.15, -0.1) is 0 Å². The van der Waals surface area contributed by atoms with E-state index in [2.05, 4.69) is 30.0 Å². The van der Waals surface area contributed by atoms with Crippen LogP contribution in [0.5, 0.6) is 0 Å². The summed E-state index contributed by atoms with van der Waals surface area (Å²) in [6.45, 7) is 4.39. The van der Waals surface area contributed by atoms with Crippen molar-refractivity contribution in [2.45, 2.75) is 64.1 Å². The van der Waals surface area contributed by atoms with E-state index in [0.29, 0.717) is 12.0 Å². The van der Waals surface area contributed by atoms with Crippen molar-refractivity contribution in [3.63, 3.8) is 0 Å². The van der Waals surface area contributed by atoms with Crippen molar-refractivity contribution < 1.29 is 5.11 Å². The van der Waals surface area contributed by atoms with Gasteiger partial charge in [-0.2, -0.15) is 5.26 Å². The van der Waals surface area contributed by atoms with Crippen LogP contribution in [0, 0.1) is 23.2 Å². The van der Waals surface area contributed by atoms with Crippen LogP contribution in [-0.4, -0.2) is 28.7 Å². The van der Waals surface area contributed by atoms with Gasteiger partial charge in [-0.1, -0.05) is 25.5 Å². The molecule has 0 radical (unpaired) electrons. The van der Waals surface area contributed by atoms with Crippen LogP contribution in [0.4, 0.5) is 0 Å². The van der Waals surface area contributed by atoms with E-state index in [-0.39, 0.29) is 6.10 Å². The molecule has 124 valence electrons. The van der Waals surface area contributed by atoms with Crippen LogP contribution in [0.15, 0.2) is 24.3 Å². The van der Waals surface area contributed by atoms with Crippen molar-refractivity contribution in [3.8, 4) is 6.07 Å². The number of hydrogen-bond donors (Lipinski definition) is 1. The molecule has 0 unspecified atom stereocenters. The number of piperidine rings is 1. The summed E-state index contributed by atoms with van der Waals surface area (Å²) in [6.07, 6.45) is 6.92. The lowest BCUT2D eigenvalue weighted by atomic mass is 9.74. The Hall–Kier alpha value is -1.37. The second-order valence-electron chi connectivity index (χ2n) is 7.49. The number of likely N-dealkylation sites (tertiary alicyclic amines) is 1. The first-order valence-corrected chi connectivity index (χ1v) is 9.08. The molecule has 2 aliphatic rings. The van der Waals surface area contributed by atoms with E-state index in [9.17, 15) is 5.11 Å². The topological polar surface area (TPSA) is 47.3 Å². The molecule has 1 aliphatic carbocycles. The van der Waals surface area contributed by atoms with E-state index in [1.165, 1.54) is 31.2 Å². The van der Waals surface area contributed by atoms with Gasteiger partial charge >= 0.3 is 0 Å². The second kappa shape index (κ2) is 7.47. The van der Waals surface area contributed by atoms with Crippen LogP contribution in [0.25, 0.3) is 0 Å². The Morgan fingerprint density at radius 1 is 1.17 bits per heavy atom. The van der Waals surface area contributed by atoms with Crippen molar-refractivity contribution in [3.05, 3.63) is 35.4 Å². The van der Waals surface area contributed by atoms with Gasteiger partial charge in [0.25, 0.3) is 0 Å². The van der Waals surface area contributed by atoms with E-state index in [1.807, 2.05) is 12.1 Å². The average molecular weight is 312 g/mol. The Morgan fingerprint density at radius 3 is 2.70 bits per heavy atom. The van der Waals surface area contributed by atoms with Gasteiger partial charge in [-0.3, -0.25) is 4.90 Å². The standard InChI is InChI=1S/C20H28N2O/c1-15-5-10-20(23)18(12-15)19-4-2-3-11-22(19)14-17-8-6-16(13-21)7-9-17/h6-9,15,18-20,23H,2-5,10-12,14H2,1H3/t15-,18+,19+,20+/m1/s1. The predicted molar refractivity (Wildman–Crippen MR) is 91.7 cm³/mol. The number of nitrogens with zero attached hydrogens (tertiary/aromatic N) is 2. The van der Waals surface area contributed by atoms with Gasteiger partial charge in [-0.25, -0.2) is 0 Å². The monoisotopic (exact) mass is 312 g/mol. The highest BCUT2D eigenvalue weighted by Gasteiger charge is 2.37. The lowest BCUT2D eigenvalue weighted by Gasteiger charge is -2.45. The number of nitriles is 1. The molecule has 0 aromatic heterocycles. The van der Waals surface area contributed by atoms with Crippen LogP contribution in [0.1, 0.15) is 56.6 Å². The molecule has 3 nitrogen and oxygen atoms in total. The summed E-state index contributed by atoms with van der Waals surface area (Å²) in [5.41, 5.74) is 2.00. The van der Waals surface area contributed by atoms with E-state index in [1.54, 1.807) is 0 Å². The molecule has 4 atom stereocenters. The Balaban J connectivity index is 1.71. The minimum absolute atomic E-state index is 0.127. The predicted octanol–water partition coefficient (Wildman–Crippen LogP) is 3.71. The molecule has 2 fully saturated rings. The minimum Gasteiger partial charge on any atom is -0.393 e. The summed E-state index contributed by atoms with van der Waals surface area (Å²) in [6, 6.07) is 10.7. The molecule has 1 heterocycles. The third kappa shape index (κ3) is 3.94. The maximum Gasteiger partial charge on any atom is 0.0991 e. The maximum absolute atomic E-state index is 10.5. The lowest BCUT2D eigenvalue weighted by molar-refractivity contribution is -0.0203. The summed E-state index contributed by atoms with van der Waals surface area (Å²) in [7, 11) is 0. The van der Waals surface area contributed by atoms with Crippen LogP contribution < -0.4 is 0 Å². The van der Waals surface area contributed by atoms with Gasteiger partial charge in [0, 0.05) is 18.5 Å². The van der Waals surface area contributed by atoms with E-state index in [4.69, 9.17) is 5.26 Å². The number of benzene rings is 1. The van der Waals surface area contributed by atoms with Crippen LogP contribution in [0.2, 0.25) is 0 Å². The molecule has 0 amide bonds. The summed E-state index contributed by atoms with van der Waals surface area (Å²) in [5, 5.41) is 19.5. The van der Waals surface area contributed by atoms with E-state index < -0.39 is 0 Å². The van der Waals surface area contributed by atoms with Crippen LogP contribution >= 0.6 is 0 Å². The fourth-order valence-electron chi connectivity index (χ4n) is 4.44. The van der Waals surface area contributed by atoms with E-state index >= 15 is 0 Å². The Bertz CT molecular complexity index is 548. The highest BCUT2D eigenvalue weighted by molar-refractivity contribution is 5.31. The lowest BCUT2D eigenvalue weighted by Crippen LogP contribution is -2.49. The number of hydrogen-bond acceptors (Lipinski definition) is 3. The molecule has 0 spiro atoms. The molecule has 1 saturated carbocycles. The zero-order valence-corrected chi connectivity index (χ0v) is 14.1. The Kier molecular flexibility index (Phi) is 5.35. The van der Waals surface area contributed by atoms with Crippen molar-refractivity contribution in [2.75, 3.05) is 6.54 Å². The SMILES string of the molecule is C[C@@H]1CC[C@H](O)[C@H]([C@@H]2CCCCN2Cc2ccc(C#N)cc2)C1. The highest BCUT2D eigenvalue weighted by Crippen LogP contribution is 2.37. The summed E-state index contributed by atoms with van der Waals surface area (Å²) in [5.74, 6) is 1.17. The van der Waals surface area contributed by atoms with Gasteiger partial charge in [-0.05, 0) is 62.3 Å². The van der Waals surface area contributed by atoms with Gasteiger partial charge in [0.05, 0.1) is 17.7 Å². The number of aliphatic hydroxyl groups excluding tert-OH is 1.